The molecule has 1 unspecified atom stereocenters. The van der Waals surface area contributed by atoms with Crippen LogP contribution in [0.5, 0.6) is 5.75 Å². The number of ether oxygens (including phenoxy) is 1. The van der Waals surface area contributed by atoms with E-state index in [2.05, 4.69) is 0 Å². The molecule has 0 fully saturated rings. The van der Waals surface area contributed by atoms with Crippen molar-refractivity contribution in [2.75, 3.05) is 39.3 Å². The van der Waals surface area contributed by atoms with Crippen molar-refractivity contribution in [2.24, 2.45) is 0 Å². The van der Waals surface area contributed by atoms with Gasteiger partial charge in [-0.25, -0.2) is 0 Å². The molecule has 0 heterocycles. The molecule has 0 aliphatic rings. The maximum Gasteiger partial charge on any atom is 0.240 e. The topological polar surface area (TPSA) is 53.0 Å². The smallest absolute Gasteiger partial charge is 0.240 e. The van der Waals surface area contributed by atoms with Gasteiger partial charge in [-0.15, -0.1) is 0 Å². The van der Waals surface area contributed by atoms with E-state index in [0.29, 0.717) is 0 Å². The molecule has 1 atom stereocenters. The lowest BCUT2D eigenvalue weighted by Gasteiger charge is -2.28. The van der Waals surface area contributed by atoms with Gasteiger partial charge >= 0.3 is 0 Å². The molecule has 0 saturated carbocycles. The number of para-hydroxylation sites is 1. The first kappa shape index (κ1) is 18.0. The summed E-state index contributed by atoms with van der Waals surface area (Å²) in [4.78, 5) is 16.0. The van der Waals surface area contributed by atoms with Crippen LogP contribution in [0, 0.1) is 0 Å². The van der Waals surface area contributed by atoms with Crippen LogP contribution in [0.1, 0.15) is 11.6 Å². The minimum absolute atomic E-state index is 0.0318. The summed E-state index contributed by atoms with van der Waals surface area (Å²) in [5.74, 6) is 0.730. The molecule has 0 spiro atoms. The van der Waals surface area contributed by atoms with Crippen LogP contribution in [0.4, 0.5) is 5.69 Å². The number of likely N-dealkylation sites (N-methyl/N-ethyl adjacent to an activating group) is 2. The Morgan fingerprint density at radius 1 is 1.08 bits per heavy atom. The van der Waals surface area contributed by atoms with Crippen molar-refractivity contribution in [1.82, 2.24) is 4.90 Å². The molecule has 0 saturated heterocycles. The number of hydrogen-bond donors (Lipinski definition) is 1. The average molecular weight is 328 g/mol. The molecule has 0 aromatic heterocycles. The van der Waals surface area contributed by atoms with Crippen molar-refractivity contribution in [3.8, 4) is 5.75 Å². The quantitative estimate of drug-likeness (QED) is 0.847. The van der Waals surface area contributed by atoms with Gasteiger partial charge in [0.15, 0.2) is 0 Å². The first-order valence-corrected chi connectivity index (χ1v) is 7.83. The van der Waals surface area contributed by atoms with E-state index in [9.17, 15) is 9.90 Å². The van der Waals surface area contributed by atoms with E-state index in [1.807, 2.05) is 66.5 Å². The molecule has 0 bridgehead atoms. The van der Waals surface area contributed by atoms with Gasteiger partial charge in [0.25, 0.3) is 0 Å². The van der Waals surface area contributed by atoms with Crippen LogP contribution in [-0.2, 0) is 4.79 Å². The van der Waals surface area contributed by atoms with E-state index in [4.69, 9.17) is 4.74 Å². The van der Waals surface area contributed by atoms with E-state index >= 15 is 0 Å². The summed E-state index contributed by atoms with van der Waals surface area (Å²) < 4.78 is 5.15. The highest BCUT2D eigenvalue weighted by Crippen LogP contribution is 2.22. The van der Waals surface area contributed by atoms with Gasteiger partial charge in [-0.05, 0) is 36.9 Å². The Morgan fingerprint density at radius 2 is 1.71 bits per heavy atom. The summed E-state index contributed by atoms with van der Waals surface area (Å²) in [5, 5.41) is 9.75. The van der Waals surface area contributed by atoms with Gasteiger partial charge < -0.3 is 14.7 Å². The summed E-state index contributed by atoms with van der Waals surface area (Å²) in [6.45, 7) is 0.147. The van der Waals surface area contributed by atoms with Crippen LogP contribution < -0.4 is 9.64 Å². The summed E-state index contributed by atoms with van der Waals surface area (Å²) in [6, 6.07) is 16.8. The molecular formula is C19H24N2O3. The third-order valence-electron chi connectivity index (χ3n) is 4.11. The largest absolute Gasteiger partial charge is 0.497 e. The second kappa shape index (κ2) is 8.47. The number of nitrogens with zero attached hydrogens (tertiary/aromatic N) is 2. The monoisotopic (exact) mass is 328 g/mol. The van der Waals surface area contributed by atoms with Gasteiger partial charge in [0.1, 0.15) is 5.75 Å². The molecule has 0 aliphatic heterocycles. The van der Waals surface area contributed by atoms with Crippen LogP contribution in [0.2, 0.25) is 0 Å². The standard InChI is InChI=1S/C19H24N2O3/c1-20(13-19(23)21(2)16-7-5-4-6-8-16)18(14-22)15-9-11-17(24-3)12-10-15/h4-12,18,22H,13-14H2,1-3H3. The van der Waals surface area contributed by atoms with Gasteiger partial charge in [-0.2, -0.15) is 0 Å². The average Bonchev–Trinajstić information content (AvgIpc) is 2.63. The number of aliphatic hydroxyl groups is 1. The zero-order valence-corrected chi connectivity index (χ0v) is 14.3. The van der Waals surface area contributed by atoms with Crippen LogP contribution in [-0.4, -0.2) is 50.3 Å². The fraction of sp³-hybridized carbons (Fsp3) is 0.316. The van der Waals surface area contributed by atoms with Gasteiger partial charge in [0.05, 0.1) is 26.3 Å². The lowest BCUT2D eigenvalue weighted by molar-refractivity contribution is -0.119. The molecule has 1 amide bonds. The van der Waals surface area contributed by atoms with Crippen LogP contribution in [0.15, 0.2) is 54.6 Å². The lowest BCUT2D eigenvalue weighted by atomic mass is 10.1. The van der Waals surface area contributed by atoms with E-state index in [1.54, 1.807) is 19.1 Å². The van der Waals surface area contributed by atoms with Crippen LogP contribution in [0.3, 0.4) is 0 Å². The fourth-order valence-corrected chi connectivity index (χ4v) is 2.55. The van der Waals surface area contributed by atoms with Gasteiger partial charge in [-0.1, -0.05) is 30.3 Å². The number of methoxy groups -OCH3 is 1. The second-order valence-electron chi connectivity index (χ2n) is 5.67. The molecule has 5 heteroatoms. The first-order valence-electron chi connectivity index (χ1n) is 7.83. The van der Waals surface area contributed by atoms with Crippen molar-refractivity contribution < 1.29 is 14.6 Å². The Kier molecular flexibility index (Phi) is 6.35. The molecule has 128 valence electrons. The van der Waals surface area contributed by atoms with Gasteiger partial charge in [0.2, 0.25) is 5.91 Å². The molecule has 0 radical (unpaired) electrons. The summed E-state index contributed by atoms with van der Waals surface area (Å²) in [6.07, 6.45) is 0. The SMILES string of the molecule is COc1ccc(C(CO)N(C)CC(=O)N(C)c2ccccc2)cc1. The Balaban J connectivity index is 2.05. The summed E-state index contributed by atoms with van der Waals surface area (Å²) in [5.41, 5.74) is 1.79. The van der Waals surface area contributed by atoms with Crippen molar-refractivity contribution >= 4 is 11.6 Å². The highest BCUT2D eigenvalue weighted by Gasteiger charge is 2.21. The minimum Gasteiger partial charge on any atom is -0.497 e. The number of hydrogen-bond acceptors (Lipinski definition) is 4. The zero-order valence-electron chi connectivity index (χ0n) is 14.3. The molecular weight excluding hydrogens is 304 g/mol. The Hall–Kier alpha value is -2.37. The second-order valence-corrected chi connectivity index (χ2v) is 5.67. The Bertz CT molecular complexity index is 643. The number of benzene rings is 2. The van der Waals surface area contributed by atoms with Crippen LogP contribution in [0.25, 0.3) is 0 Å². The van der Waals surface area contributed by atoms with Crippen molar-refractivity contribution in [1.29, 1.82) is 0 Å². The van der Waals surface area contributed by atoms with Gasteiger partial charge in [-0.3, -0.25) is 9.69 Å². The van der Waals surface area contributed by atoms with E-state index in [1.165, 1.54) is 0 Å². The Morgan fingerprint density at radius 3 is 2.25 bits per heavy atom. The fourth-order valence-electron chi connectivity index (χ4n) is 2.55. The molecule has 24 heavy (non-hydrogen) atoms. The van der Waals surface area contributed by atoms with E-state index in [-0.39, 0.29) is 25.1 Å². The molecule has 0 aliphatic carbocycles. The summed E-state index contributed by atoms with van der Waals surface area (Å²) in [7, 11) is 5.21. The molecule has 1 N–H and O–H groups in total. The van der Waals surface area contributed by atoms with Crippen molar-refractivity contribution in [3.05, 3.63) is 60.2 Å². The molecule has 5 nitrogen and oxygen atoms in total. The molecule has 2 aromatic rings. The highest BCUT2D eigenvalue weighted by molar-refractivity contribution is 5.94. The lowest BCUT2D eigenvalue weighted by Crippen LogP contribution is -2.39. The number of rotatable bonds is 7. The maximum atomic E-state index is 12.5. The van der Waals surface area contributed by atoms with E-state index in [0.717, 1.165) is 17.0 Å². The number of carbonyl (C=O) groups excluding carboxylic acids is 1. The first-order chi connectivity index (χ1) is 11.6. The zero-order chi connectivity index (χ0) is 17.5. The third-order valence-corrected chi connectivity index (χ3v) is 4.11. The predicted molar refractivity (Wildman–Crippen MR) is 95.3 cm³/mol. The van der Waals surface area contributed by atoms with Gasteiger partial charge in [0, 0.05) is 12.7 Å². The van der Waals surface area contributed by atoms with Crippen LogP contribution >= 0.6 is 0 Å². The number of carbonyl (C=O) groups is 1. The third kappa shape index (κ3) is 4.34. The van der Waals surface area contributed by atoms with Crippen molar-refractivity contribution in [3.63, 3.8) is 0 Å². The highest BCUT2D eigenvalue weighted by atomic mass is 16.5. The molecule has 2 aromatic carbocycles. The number of amides is 1. The van der Waals surface area contributed by atoms with Crippen molar-refractivity contribution in [2.45, 2.75) is 6.04 Å². The number of aliphatic hydroxyl groups excluding tert-OH is 1. The summed E-state index contributed by atoms with van der Waals surface area (Å²) >= 11 is 0. The predicted octanol–water partition coefficient (Wildman–Crippen LogP) is 2.32. The molecule has 2 rings (SSSR count). The minimum atomic E-state index is -0.246. The normalized spacial score (nSPS) is 12.0. The maximum absolute atomic E-state index is 12.5. The number of anilines is 1. The van der Waals surface area contributed by atoms with E-state index < -0.39 is 0 Å². The Labute approximate surface area is 143 Å².